The van der Waals surface area contributed by atoms with Gasteiger partial charge >= 0.3 is 0 Å². The summed E-state index contributed by atoms with van der Waals surface area (Å²) in [6.07, 6.45) is 6.08. The molecule has 2 amide bonds. The number of rotatable bonds is 5. The van der Waals surface area contributed by atoms with Gasteiger partial charge in [0.25, 0.3) is 5.91 Å². The highest BCUT2D eigenvalue weighted by Crippen LogP contribution is 2.33. The van der Waals surface area contributed by atoms with Crippen LogP contribution in [0.4, 0.5) is 4.39 Å². The molecule has 0 bridgehead atoms. The zero-order valence-electron chi connectivity index (χ0n) is 13.7. The molecule has 1 heterocycles. The summed E-state index contributed by atoms with van der Waals surface area (Å²) in [6.45, 7) is 0.248. The van der Waals surface area contributed by atoms with E-state index in [-0.39, 0.29) is 36.6 Å². The molecule has 0 atom stereocenters. The smallest absolute Gasteiger partial charge is 0.266 e. The largest absolute Gasteiger partial charge is 0.353 e. The van der Waals surface area contributed by atoms with E-state index in [4.69, 9.17) is 12.2 Å². The molecule has 1 aromatic rings. The number of hydrogen-bond acceptors (Lipinski definition) is 4. The minimum Gasteiger partial charge on any atom is -0.353 e. The first-order chi connectivity index (χ1) is 12.0. The topological polar surface area (TPSA) is 49.4 Å². The summed E-state index contributed by atoms with van der Waals surface area (Å²) in [5.41, 5.74) is 0.349. The van der Waals surface area contributed by atoms with Gasteiger partial charge in [0.2, 0.25) is 5.91 Å². The molecule has 1 aliphatic carbocycles. The molecular formula is C18H19FN2O2S2. The number of thioether (sulfide) groups is 1. The minimum atomic E-state index is -0.385. The molecule has 1 saturated carbocycles. The number of amides is 2. The van der Waals surface area contributed by atoms with Crippen molar-refractivity contribution in [2.24, 2.45) is 0 Å². The monoisotopic (exact) mass is 378 g/mol. The predicted octanol–water partition coefficient (Wildman–Crippen LogP) is 3.48. The summed E-state index contributed by atoms with van der Waals surface area (Å²) in [5, 5.41) is 3.00. The van der Waals surface area contributed by atoms with Gasteiger partial charge in [-0.2, -0.15) is 0 Å². The fourth-order valence-corrected chi connectivity index (χ4v) is 4.31. The molecule has 0 unspecified atom stereocenters. The Balaban J connectivity index is 1.59. The first-order valence-corrected chi connectivity index (χ1v) is 9.56. The van der Waals surface area contributed by atoms with Crippen molar-refractivity contribution in [1.29, 1.82) is 0 Å². The van der Waals surface area contributed by atoms with Crippen LogP contribution in [0.1, 0.15) is 37.7 Å². The van der Waals surface area contributed by atoms with E-state index in [0.717, 1.165) is 37.4 Å². The van der Waals surface area contributed by atoms with Gasteiger partial charge < -0.3 is 5.32 Å². The summed E-state index contributed by atoms with van der Waals surface area (Å²) in [4.78, 5) is 26.3. The highest BCUT2D eigenvalue weighted by molar-refractivity contribution is 8.26. The second-order valence-electron chi connectivity index (χ2n) is 6.15. The van der Waals surface area contributed by atoms with Crippen LogP contribution in [0.3, 0.4) is 0 Å². The van der Waals surface area contributed by atoms with Gasteiger partial charge in [0.05, 0.1) is 4.91 Å². The molecule has 3 rings (SSSR count). The summed E-state index contributed by atoms with van der Waals surface area (Å²) in [7, 11) is 0. The lowest BCUT2D eigenvalue weighted by molar-refractivity contribution is -0.124. The van der Waals surface area contributed by atoms with E-state index in [2.05, 4.69) is 5.32 Å². The van der Waals surface area contributed by atoms with Crippen molar-refractivity contribution >= 4 is 46.2 Å². The SMILES string of the molecule is O=C(CCN1C(=O)/C(=C\c2ccccc2F)SC1=S)NC1CCCC1. The van der Waals surface area contributed by atoms with E-state index in [1.54, 1.807) is 18.2 Å². The number of nitrogens with one attached hydrogen (secondary N) is 1. The van der Waals surface area contributed by atoms with Crippen molar-refractivity contribution in [2.45, 2.75) is 38.1 Å². The molecular weight excluding hydrogens is 359 g/mol. The second-order valence-corrected chi connectivity index (χ2v) is 7.83. The van der Waals surface area contributed by atoms with E-state index in [1.165, 1.54) is 17.0 Å². The average Bonchev–Trinajstić information content (AvgIpc) is 3.17. The third kappa shape index (κ3) is 4.46. The standard InChI is InChI=1S/C18H19FN2O2S2/c19-14-8-4-1-5-12(14)11-15-17(23)21(18(24)25-15)10-9-16(22)20-13-6-2-3-7-13/h1,4-5,8,11,13H,2-3,6-7,9-10H2,(H,20,22)/b15-11+. The molecule has 0 aromatic heterocycles. The van der Waals surface area contributed by atoms with Gasteiger partial charge in [-0.3, -0.25) is 14.5 Å². The van der Waals surface area contributed by atoms with E-state index < -0.39 is 0 Å². The highest BCUT2D eigenvalue weighted by atomic mass is 32.2. The number of carbonyl (C=O) groups is 2. The van der Waals surface area contributed by atoms with Gasteiger partial charge in [-0.1, -0.05) is 55.0 Å². The maximum Gasteiger partial charge on any atom is 0.266 e. The first kappa shape index (κ1) is 18.1. The Labute approximate surface area is 155 Å². The number of halogens is 1. The van der Waals surface area contributed by atoms with E-state index in [1.807, 2.05) is 0 Å². The van der Waals surface area contributed by atoms with Gasteiger partial charge in [-0.05, 0) is 25.0 Å². The molecule has 4 nitrogen and oxygen atoms in total. The van der Waals surface area contributed by atoms with Gasteiger partial charge in [0.15, 0.2) is 0 Å². The van der Waals surface area contributed by atoms with Gasteiger partial charge in [0.1, 0.15) is 10.1 Å². The molecule has 1 N–H and O–H groups in total. The highest BCUT2D eigenvalue weighted by Gasteiger charge is 2.32. The van der Waals surface area contributed by atoms with Crippen LogP contribution in [-0.4, -0.2) is 33.6 Å². The van der Waals surface area contributed by atoms with Crippen molar-refractivity contribution < 1.29 is 14.0 Å². The minimum absolute atomic E-state index is 0.0565. The third-order valence-electron chi connectivity index (χ3n) is 4.35. The Morgan fingerprint density at radius 3 is 2.80 bits per heavy atom. The quantitative estimate of drug-likeness (QED) is 0.630. The molecule has 7 heteroatoms. The molecule has 2 fully saturated rings. The van der Waals surface area contributed by atoms with Crippen LogP contribution >= 0.6 is 24.0 Å². The van der Waals surface area contributed by atoms with Crippen LogP contribution in [0.2, 0.25) is 0 Å². The molecule has 132 valence electrons. The summed E-state index contributed by atoms with van der Waals surface area (Å²) in [6, 6.07) is 6.53. The fourth-order valence-electron chi connectivity index (χ4n) is 3.01. The summed E-state index contributed by atoms with van der Waals surface area (Å²) < 4.78 is 14.2. The van der Waals surface area contributed by atoms with E-state index >= 15 is 0 Å². The summed E-state index contributed by atoms with van der Waals surface area (Å²) >= 11 is 6.38. The summed E-state index contributed by atoms with van der Waals surface area (Å²) in [5.74, 6) is -0.713. The third-order valence-corrected chi connectivity index (χ3v) is 5.73. The second kappa shape index (κ2) is 8.10. The number of thiocarbonyl (C=S) groups is 1. The molecule has 25 heavy (non-hydrogen) atoms. The number of carbonyl (C=O) groups excluding carboxylic acids is 2. The van der Waals surface area contributed by atoms with Crippen LogP contribution in [-0.2, 0) is 9.59 Å². The molecule has 1 saturated heterocycles. The first-order valence-electron chi connectivity index (χ1n) is 8.34. The fraction of sp³-hybridized carbons (Fsp3) is 0.389. The van der Waals surface area contributed by atoms with Crippen molar-refractivity contribution in [3.8, 4) is 0 Å². The number of nitrogens with zero attached hydrogens (tertiary/aromatic N) is 1. The van der Waals surface area contributed by atoms with Crippen molar-refractivity contribution in [2.75, 3.05) is 6.54 Å². The van der Waals surface area contributed by atoms with Crippen LogP contribution in [0.15, 0.2) is 29.2 Å². The van der Waals surface area contributed by atoms with Crippen molar-refractivity contribution in [3.63, 3.8) is 0 Å². The Hall–Kier alpha value is -1.73. The molecule has 0 radical (unpaired) electrons. The molecule has 0 spiro atoms. The van der Waals surface area contributed by atoms with E-state index in [0.29, 0.717) is 14.8 Å². The lowest BCUT2D eigenvalue weighted by atomic mass is 10.2. The maximum absolute atomic E-state index is 13.7. The van der Waals surface area contributed by atoms with Crippen LogP contribution in [0, 0.1) is 5.82 Å². The van der Waals surface area contributed by atoms with Crippen LogP contribution in [0.25, 0.3) is 6.08 Å². The van der Waals surface area contributed by atoms with Gasteiger partial charge in [0, 0.05) is 24.6 Å². The molecule has 2 aliphatic rings. The van der Waals surface area contributed by atoms with Gasteiger partial charge in [-0.25, -0.2) is 4.39 Å². The van der Waals surface area contributed by atoms with Crippen molar-refractivity contribution in [1.82, 2.24) is 10.2 Å². The number of benzene rings is 1. The Morgan fingerprint density at radius 2 is 2.08 bits per heavy atom. The Bertz CT molecular complexity index is 730. The Kier molecular flexibility index (Phi) is 5.86. The van der Waals surface area contributed by atoms with Crippen molar-refractivity contribution in [3.05, 3.63) is 40.6 Å². The lowest BCUT2D eigenvalue weighted by Crippen LogP contribution is -2.37. The van der Waals surface area contributed by atoms with Crippen LogP contribution < -0.4 is 5.32 Å². The van der Waals surface area contributed by atoms with E-state index in [9.17, 15) is 14.0 Å². The normalized spacial score (nSPS) is 19.9. The van der Waals surface area contributed by atoms with Gasteiger partial charge in [-0.15, -0.1) is 0 Å². The molecule has 1 aliphatic heterocycles. The zero-order chi connectivity index (χ0) is 17.8. The Morgan fingerprint density at radius 1 is 1.36 bits per heavy atom. The zero-order valence-corrected chi connectivity index (χ0v) is 15.3. The number of hydrogen-bond donors (Lipinski definition) is 1. The average molecular weight is 378 g/mol. The maximum atomic E-state index is 13.7. The predicted molar refractivity (Wildman–Crippen MR) is 101 cm³/mol. The lowest BCUT2D eigenvalue weighted by Gasteiger charge is -2.16. The van der Waals surface area contributed by atoms with Crippen LogP contribution in [0.5, 0.6) is 0 Å². The molecule has 1 aromatic carbocycles.